The Morgan fingerprint density at radius 2 is 1.86 bits per heavy atom. The van der Waals surface area contributed by atoms with Gasteiger partial charge < -0.3 is 16.2 Å². The predicted octanol–water partition coefficient (Wildman–Crippen LogP) is 1.76. The van der Waals surface area contributed by atoms with Crippen molar-refractivity contribution in [2.45, 2.75) is 65.0 Å². The van der Waals surface area contributed by atoms with Gasteiger partial charge in [0.1, 0.15) is 0 Å². The first kappa shape index (κ1) is 16.3. The molecule has 2 saturated carbocycles. The Kier molecular flexibility index (Phi) is 4.61. The molecular formula is C16H28N2O3. The fraction of sp³-hybridized carbons (Fsp3) is 0.875. The largest absolute Gasteiger partial charge is 0.481 e. The minimum Gasteiger partial charge on any atom is -0.481 e. The lowest BCUT2D eigenvalue weighted by Crippen LogP contribution is -2.52. The zero-order valence-electron chi connectivity index (χ0n) is 13.3. The lowest BCUT2D eigenvalue weighted by Gasteiger charge is -2.46. The molecule has 0 aliphatic heterocycles. The minimum absolute atomic E-state index is 0.0142. The van der Waals surface area contributed by atoms with Crippen LogP contribution in [0.25, 0.3) is 0 Å². The number of carboxylic acids is 1. The van der Waals surface area contributed by atoms with Gasteiger partial charge in [0.15, 0.2) is 0 Å². The second-order valence-corrected chi connectivity index (χ2v) is 7.46. The van der Waals surface area contributed by atoms with Crippen LogP contribution in [-0.2, 0) is 9.59 Å². The number of hydrogen-bond donors (Lipinski definition) is 3. The van der Waals surface area contributed by atoms with Gasteiger partial charge in [-0.25, -0.2) is 0 Å². The molecule has 0 heterocycles. The van der Waals surface area contributed by atoms with Gasteiger partial charge in [0.05, 0.1) is 5.92 Å². The zero-order valence-corrected chi connectivity index (χ0v) is 13.3. The van der Waals surface area contributed by atoms with Crippen LogP contribution in [0.5, 0.6) is 0 Å². The lowest BCUT2D eigenvalue weighted by atomic mass is 9.61. The van der Waals surface area contributed by atoms with Crippen LogP contribution < -0.4 is 11.1 Å². The molecule has 0 radical (unpaired) electrons. The predicted molar refractivity (Wildman–Crippen MR) is 80.6 cm³/mol. The molecule has 5 heteroatoms. The molecular weight excluding hydrogens is 268 g/mol. The van der Waals surface area contributed by atoms with E-state index in [1.165, 1.54) is 0 Å². The monoisotopic (exact) mass is 296 g/mol. The first-order chi connectivity index (χ1) is 9.73. The van der Waals surface area contributed by atoms with Crippen molar-refractivity contribution in [2.24, 2.45) is 28.9 Å². The first-order valence-corrected chi connectivity index (χ1v) is 8.02. The molecule has 1 amide bonds. The summed E-state index contributed by atoms with van der Waals surface area (Å²) in [5.41, 5.74) is 6.02. The molecule has 0 aromatic carbocycles. The summed E-state index contributed by atoms with van der Waals surface area (Å²) in [6, 6.07) is 0.173. The molecule has 0 spiro atoms. The highest BCUT2D eigenvalue weighted by Crippen LogP contribution is 2.44. The maximum atomic E-state index is 12.6. The van der Waals surface area contributed by atoms with Crippen molar-refractivity contribution in [3.63, 3.8) is 0 Å². The Bertz CT molecular complexity index is 422. The highest BCUT2D eigenvalue weighted by atomic mass is 16.4. The molecule has 0 aromatic rings. The van der Waals surface area contributed by atoms with Crippen molar-refractivity contribution >= 4 is 11.9 Å². The summed E-state index contributed by atoms with van der Waals surface area (Å²) in [5.74, 6) is -0.699. The van der Waals surface area contributed by atoms with Crippen LogP contribution in [0.2, 0.25) is 0 Å². The molecule has 0 bridgehead atoms. The second-order valence-electron chi connectivity index (χ2n) is 7.46. The third kappa shape index (κ3) is 3.23. The average molecular weight is 296 g/mol. The Hall–Kier alpha value is -1.10. The third-order valence-corrected chi connectivity index (χ3v) is 5.95. The highest BCUT2D eigenvalue weighted by Gasteiger charge is 2.45. The Balaban J connectivity index is 1.96. The molecule has 2 aliphatic carbocycles. The maximum absolute atomic E-state index is 12.6. The summed E-state index contributed by atoms with van der Waals surface area (Å²) >= 11 is 0. The number of hydrogen-bond acceptors (Lipinski definition) is 3. The van der Waals surface area contributed by atoms with Gasteiger partial charge in [-0.3, -0.25) is 9.59 Å². The van der Waals surface area contributed by atoms with E-state index in [-0.39, 0.29) is 35.2 Å². The van der Waals surface area contributed by atoms with Crippen LogP contribution >= 0.6 is 0 Å². The molecule has 4 N–H and O–H groups in total. The second kappa shape index (κ2) is 5.95. The molecule has 2 rings (SSSR count). The van der Waals surface area contributed by atoms with Crippen molar-refractivity contribution in [1.29, 1.82) is 0 Å². The lowest BCUT2D eigenvalue weighted by molar-refractivity contribution is -0.141. The number of carboxylic acid groups (broad SMARTS) is 1. The van der Waals surface area contributed by atoms with Crippen molar-refractivity contribution in [3.05, 3.63) is 0 Å². The number of nitrogens with two attached hydrogens (primary N) is 1. The van der Waals surface area contributed by atoms with Crippen molar-refractivity contribution in [2.75, 3.05) is 0 Å². The van der Waals surface area contributed by atoms with Crippen LogP contribution in [0, 0.1) is 23.2 Å². The number of carbonyl (C=O) groups excluding carboxylic acids is 1. The van der Waals surface area contributed by atoms with Gasteiger partial charge in [-0.1, -0.05) is 20.8 Å². The molecule has 120 valence electrons. The molecule has 5 unspecified atom stereocenters. The number of rotatable bonds is 3. The number of nitrogens with one attached hydrogen (secondary N) is 1. The van der Waals surface area contributed by atoms with Gasteiger partial charge in [0, 0.05) is 18.0 Å². The molecule has 5 atom stereocenters. The maximum Gasteiger partial charge on any atom is 0.306 e. The Morgan fingerprint density at radius 1 is 1.19 bits per heavy atom. The standard InChI is InChI=1S/C16H28N2O3/c1-9-13(17)7-6-12(16(9,2)3)14(19)18-11-5-4-10(8-11)15(20)21/h9-13H,4-8,17H2,1-3H3,(H,18,19)(H,20,21). The average Bonchev–Trinajstić information content (AvgIpc) is 2.84. The normalized spacial score (nSPS) is 39.0. The van der Waals surface area contributed by atoms with Crippen LogP contribution in [0.4, 0.5) is 0 Å². The fourth-order valence-corrected chi connectivity index (χ4v) is 3.96. The van der Waals surface area contributed by atoms with E-state index in [0.717, 1.165) is 19.3 Å². The third-order valence-electron chi connectivity index (χ3n) is 5.95. The Morgan fingerprint density at radius 3 is 2.43 bits per heavy atom. The smallest absolute Gasteiger partial charge is 0.306 e. The summed E-state index contributed by atoms with van der Waals surface area (Å²) < 4.78 is 0. The van der Waals surface area contributed by atoms with Gasteiger partial charge >= 0.3 is 5.97 Å². The van der Waals surface area contributed by atoms with E-state index in [2.05, 4.69) is 26.1 Å². The van der Waals surface area contributed by atoms with Crippen molar-refractivity contribution in [3.8, 4) is 0 Å². The molecule has 21 heavy (non-hydrogen) atoms. The Labute approximate surface area is 126 Å². The van der Waals surface area contributed by atoms with Crippen molar-refractivity contribution in [1.82, 2.24) is 5.32 Å². The van der Waals surface area contributed by atoms with E-state index in [4.69, 9.17) is 10.8 Å². The SMILES string of the molecule is CC1C(N)CCC(C(=O)NC2CCC(C(=O)O)C2)C1(C)C. The summed E-state index contributed by atoms with van der Waals surface area (Å²) in [6.45, 7) is 6.37. The van der Waals surface area contributed by atoms with Crippen LogP contribution in [0.3, 0.4) is 0 Å². The van der Waals surface area contributed by atoms with E-state index < -0.39 is 5.97 Å². The van der Waals surface area contributed by atoms with Gasteiger partial charge in [0.2, 0.25) is 5.91 Å². The minimum atomic E-state index is -0.746. The van der Waals surface area contributed by atoms with Gasteiger partial charge in [-0.05, 0) is 43.4 Å². The van der Waals surface area contributed by atoms with E-state index in [9.17, 15) is 9.59 Å². The van der Waals surface area contributed by atoms with E-state index in [1.54, 1.807) is 0 Å². The molecule has 0 saturated heterocycles. The number of carbonyl (C=O) groups is 2. The van der Waals surface area contributed by atoms with Crippen LogP contribution in [-0.4, -0.2) is 29.1 Å². The summed E-state index contributed by atoms with van der Waals surface area (Å²) in [4.78, 5) is 23.6. The fourth-order valence-electron chi connectivity index (χ4n) is 3.96. The summed E-state index contributed by atoms with van der Waals surface area (Å²) in [6.07, 6.45) is 3.69. The molecule has 5 nitrogen and oxygen atoms in total. The van der Waals surface area contributed by atoms with E-state index in [0.29, 0.717) is 18.8 Å². The molecule has 2 aliphatic rings. The summed E-state index contributed by atoms with van der Waals surface area (Å²) in [5, 5.41) is 12.1. The van der Waals surface area contributed by atoms with Crippen LogP contribution in [0.15, 0.2) is 0 Å². The van der Waals surface area contributed by atoms with Gasteiger partial charge in [-0.15, -0.1) is 0 Å². The van der Waals surface area contributed by atoms with Gasteiger partial charge in [0.25, 0.3) is 0 Å². The van der Waals surface area contributed by atoms with Gasteiger partial charge in [-0.2, -0.15) is 0 Å². The van der Waals surface area contributed by atoms with E-state index in [1.807, 2.05) is 0 Å². The first-order valence-electron chi connectivity index (χ1n) is 8.02. The molecule has 2 fully saturated rings. The van der Waals surface area contributed by atoms with Crippen LogP contribution in [0.1, 0.15) is 52.9 Å². The number of aliphatic carboxylic acids is 1. The molecule has 0 aromatic heterocycles. The number of amides is 1. The van der Waals surface area contributed by atoms with Crippen molar-refractivity contribution < 1.29 is 14.7 Å². The van der Waals surface area contributed by atoms with E-state index >= 15 is 0 Å². The topological polar surface area (TPSA) is 92.4 Å². The summed E-state index contributed by atoms with van der Waals surface area (Å²) in [7, 11) is 0. The zero-order chi connectivity index (χ0) is 15.8. The highest BCUT2D eigenvalue weighted by molar-refractivity contribution is 5.80. The quantitative estimate of drug-likeness (QED) is 0.740.